The van der Waals surface area contributed by atoms with E-state index in [0.29, 0.717) is 5.76 Å². The predicted molar refractivity (Wildman–Crippen MR) is 78.4 cm³/mol. The van der Waals surface area contributed by atoms with E-state index in [2.05, 4.69) is 5.32 Å². The van der Waals surface area contributed by atoms with Gasteiger partial charge in [-0.2, -0.15) is 0 Å². The SMILES string of the molecule is C[C@H](NC(=O)CCS(=O)(=O)c1ccccc1)c1ccco1. The first kappa shape index (κ1) is 15.3. The van der Waals surface area contributed by atoms with Crippen LogP contribution in [0.1, 0.15) is 25.1 Å². The zero-order valence-electron chi connectivity index (χ0n) is 11.7. The Morgan fingerprint density at radius 2 is 1.90 bits per heavy atom. The quantitative estimate of drug-likeness (QED) is 0.888. The van der Waals surface area contributed by atoms with E-state index in [4.69, 9.17) is 4.42 Å². The van der Waals surface area contributed by atoms with Gasteiger partial charge in [-0.3, -0.25) is 4.79 Å². The van der Waals surface area contributed by atoms with E-state index in [0.717, 1.165) is 0 Å². The second-order valence-corrected chi connectivity index (χ2v) is 6.80. The highest BCUT2D eigenvalue weighted by Gasteiger charge is 2.17. The van der Waals surface area contributed by atoms with Crippen LogP contribution < -0.4 is 5.32 Å². The van der Waals surface area contributed by atoms with E-state index < -0.39 is 9.84 Å². The molecule has 0 fully saturated rings. The number of amides is 1. The fraction of sp³-hybridized carbons (Fsp3) is 0.267. The van der Waals surface area contributed by atoms with E-state index in [1.54, 1.807) is 37.3 Å². The molecule has 1 heterocycles. The highest BCUT2D eigenvalue weighted by molar-refractivity contribution is 7.91. The number of nitrogens with one attached hydrogen (secondary N) is 1. The summed E-state index contributed by atoms with van der Waals surface area (Å²) in [6.07, 6.45) is 1.44. The summed E-state index contributed by atoms with van der Waals surface area (Å²) < 4.78 is 29.3. The minimum Gasteiger partial charge on any atom is -0.467 e. The summed E-state index contributed by atoms with van der Waals surface area (Å²) >= 11 is 0. The van der Waals surface area contributed by atoms with Crippen LogP contribution in [0.4, 0.5) is 0 Å². The van der Waals surface area contributed by atoms with Crippen LogP contribution in [0.25, 0.3) is 0 Å². The van der Waals surface area contributed by atoms with Crippen molar-refractivity contribution >= 4 is 15.7 Å². The Labute approximate surface area is 123 Å². The normalized spacial score (nSPS) is 12.8. The van der Waals surface area contributed by atoms with Gasteiger partial charge in [0.25, 0.3) is 0 Å². The maximum Gasteiger partial charge on any atom is 0.221 e. The van der Waals surface area contributed by atoms with E-state index >= 15 is 0 Å². The highest BCUT2D eigenvalue weighted by atomic mass is 32.2. The molecule has 0 spiro atoms. The van der Waals surface area contributed by atoms with Crippen molar-refractivity contribution in [2.75, 3.05) is 5.75 Å². The van der Waals surface area contributed by atoms with Crippen molar-refractivity contribution in [3.8, 4) is 0 Å². The summed E-state index contributed by atoms with van der Waals surface area (Å²) in [5, 5.41) is 2.71. The van der Waals surface area contributed by atoms with Crippen LogP contribution >= 0.6 is 0 Å². The molecule has 1 aromatic heterocycles. The number of carbonyl (C=O) groups excluding carboxylic acids is 1. The molecule has 1 aromatic carbocycles. The Balaban J connectivity index is 1.89. The maximum absolute atomic E-state index is 12.1. The molecule has 2 rings (SSSR count). The van der Waals surface area contributed by atoms with Crippen molar-refractivity contribution in [1.29, 1.82) is 0 Å². The number of benzene rings is 1. The molecule has 6 heteroatoms. The van der Waals surface area contributed by atoms with Crippen LogP contribution in [-0.2, 0) is 14.6 Å². The Morgan fingerprint density at radius 1 is 1.19 bits per heavy atom. The summed E-state index contributed by atoms with van der Waals surface area (Å²) in [6, 6.07) is 11.3. The van der Waals surface area contributed by atoms with Crippen LogP contribution in [0.15, 0.2) is 58.0 Å². The third-order valence-electron chi connectivity index (χ3n) is 3.05. The number of hydrogen-bond acceptors (Lipinski definition) is 4. The van der Waals surface area contributed by atoms with Gasteiger partial charge in [-0.15, -0.1) is 0 Å². The van der Waals surface area contributed by atoms with Crippen LogP contribution in [-0.4, -0.2) is 20.1 Å². The first-order valence-electron chi connectivity index (χ1n) is 6.59. The fourth-order valence-electron chi connectivity index (χ4n) is 1.90. The lowest BCUT2D eigenvalue weighted by Crippen LogP contribution is -2.28. The van der Waals surface area contributed by atoms with E-state index in [9.17, 15) is 13.2 Å². The lowest BCUT2D eigenvalue weighted by Gasteiger charge is -2.11. The van der Waals surface area contributed by atoms with Crippen molar-refractivity contribution in [3.05, 3.63) is 54.5 Å². The molecule has 2 aromatic rings. The smallest absolute Gasteiger partial charge is 0.221 e. The molecule has 112 valence electrons. The lowest BCUT2D eigenvalue weighted by atomic mass is 10.2. The molecule has 0 saturated heterocycles. The minimum atomic E-state index is -3.43. The van der Waals surface area contributed by atoms with Crippen LogP contribution in [0, 0.1) is 0 Å². The second-order valence-electron chi connectivity index (χ2n) is 4.69. The van der Waals surface area contributed by atoms with Gasteiger partial charge in [0.05, 0.1) is 23.0 Å². The number of rotatable bonds is 6. The molecule has 0 radical (unpaired) electrons. The molecular weight excluding hydrogens is 290 g/mol. The maximum atomic E-state index is 12.1. The molecule has 0 unspecified atom stereocenters. The summed E-state index contributed by atoms with van der Waals surface area (Å²) in [5.74, 6) is 0.0981. The Bertz CT molecular complexity index is 678. The predicted octanol–water partition coefficient (Wildman–Crippen LogP) is 2.32. The fourth-order valence-corrected chi connectivity index (χ4v) is 3.16. The molecular formula is C15H17NO4S. The van der Waals surface area contributed by atoms with Crippen LogP contribution in [0.3, 0.4) is 0 Å². The summed E-state index contributed by atoms with van der Waals surface area (Å²) in [6.45, 7) is 1.78. The van der Waals surface area contributed by atoms with Crippen LogP contribution in [0.5, 0.6) is 0 Å². The first-order valence-corrected chi connectivity index (χ1v) is 8.25. The molecule has 0 aliphatic heterocycles. The van der Waals surface area contributed by atoms with Gasteiger partial charge in [0.1, 0.15) is 5.76 Å². The van der Waals surface area contributed by atoms with Crippen molar-refractivity contribution in [2.24, 2.45) is 0 Å². The Hall–Kier alpha value is -2.08. The zero-order chi connectivity index (χ0) is 15.3. The summed E-state index contributed by atoms with van der Waals surface area (Å²) in [7, 11) is -3.43. The number of carbonyl (C=O) groups is 1. The van der Waals surface area contributed by atoms with Gasteiger partial charge in [0.2, 0.25) is 5.91 Å². The number of sulfone groups is 1. The highest BCUT2D eigenvalue weighted by Crippen LogP contribution is 2.14. The van der Waals surface area contributed by atoms with Gasteiger partial charge in [-0.05, 0) is 31.2 Å². The zero-order valence-corrected chi connectivity index (χ0v) is 12.5. The standard InChI is InChI=1S/C15H17NO4S/c1-12(14-8-5-10-20-14)16-15(17)9-11-21(18,19)13-6-3-2-4-7-13/h2-8,10,12H,9,11H2,1H3,(H,16,17)/t12-/m0/s1. The largest absolute Gasteiger partial charge is 0.467 e. The van der Waals surface area contributed by atoms with Crippen molar-refractivity contribution in [3.63, 3.8) is 0 Å². The lowest BCUT2D eigenvalue weighted by molar-refractivity contribution is -0.121. The first-order chi connectivity index (χ1) is 9.99. The van der Waals surface area contributed by atoms with Crippen molar-refractivity contribution in [2.45, 2.75) is 24.3 Å². The molecule has 1 amide bonds. The third-order valence-corrected chi connectivity index (χ3v) is 4.78. The molecule has 1 N–H and O–H groups in total. The molecule has 0 bridgehead atoms. The van der Waals surface area contributed by atoms with Gasteiger partial charge >= 0.3 is 0 Å². The molecule has 5 nitrogen and oxygen atoms in total. The molecule has 0 saturated carbocycles. The van der Waals surface area contributed by atoms with Gasteiger partial charge in [0.15, 0.2) is 9.84 Å². The molecule has 21 heavy (non-hydrogen) atoms. The van der Waals surface area contributed by atoms with Crippen molar-refractivity contribution < 1.29 is 17.6 Å². The average Bonchev–Trinajstić information content (AvgIpc) is 3.00. The molecule has 0 aliphatic rings. The van der Waals surface area contributed by atoms with Crippen LogP contribution in [0.2, 0.25) is 0 Å². The molecule has 0 aliphatic carbocycles. The van der Waals surface area contributed by atoms with Gasteiger partial charge in [0, 0.05) is 6.42 Å². The Morgan fingerprint density at radius 3 is 2.52 bits per heavy atom. The topological polar surface area (TPSA) is 76.4 Å². The third kappa shape index (κ3) is 4.19. The van der Waals surface area contributed by atoms with Gasteiger partial charge in [-0.1, -0.05) is 18.2 Å². The van der Waals surface area contributed by atoms with E-state index in [1.165, 1.54) is 18.4 Å². The number of hydrogen-bond donors (Lipinski definition) is 1. The van der Waals surface area contributed by atoms with E-state index in [-0.39, 0.29) is 29.0 Å². The minimum absolute atomic E-state index is 0.0811. The van der Waals surface area contributed by atoms with Gasteiger partial charge in [-0.25, -0.2) is 8.42 Å². The van der Waals surface area contributed by atoms with Crippen molar-refractivity contribution in [1.82, 2.24) is 5.32 Å². The summed E-state index contributed by atoms with van der Waals surface area (Å²) in [5.41, 5.74) is 0. The molecule has 1 atom stereocenters. The second kappa shape index (κ2) is 6.58. The number of furan rings is 1. The summed E-state index contributed by atoms with van der Waals surface area (Å²) in [4.78, 5) is 12.0. The Kier molecular flexibility index (Phi) is 4.80. The van der Waals surface area contributed by atoms with E-state index in [1.807, 2.05) is 0 Å². The monoisotopic (exact) mass is 307 g/mol. The average molecular weight is 307 g/mol. The van der Waals surface area contributed by atoms with Gasteiger partial charge < -0.3 is 9.73 Å².